The third-order valence-corrected chi connectivity index (χ3v) is 3.97. The molecule has 0 aromatic heterocycles. The van der Waals surface area contributed by atoms with E-state index in [4.69, 9.17) is 9.47 Å². The number of hydrogen-bond donors (Lipinski definition) is 0. The molecule has 1 fully saturated rings. The molecule has 1 aromatic rings. The van der Waals surface area contributed by atoms with E-state index in [9.17, 15) is 9.18 Å². The van der Waals surface area contributed by atoms with Crippen molar-refractivity contribution in [1.29, 1.82) is 0 Å². The molecule has 1 saturated heterocycles. The summed E-state index contributed by atoms with van der Waals surface area (Å²) in [5, 5.41) is 0. The van der Waals surface area contributed by atoms with E-state index in [1.165, 1.54) is 13.2 Å². The lowest BCUT2D eigenvalue weighted by molar-refractivity contribution is 0.00984. The summed E-state index contributed by atoms with van der Waals surface area (Å²) in [5.74, 6) is 0.206. The van der Waals surface area contributed by atoms with Gasteiger partial charge in [0.05, 0.1) is 7.11 Å². The third kappa shape index (κ3) is 4.85. The zero-order valence-corrected chi connectivity index (χ0v) is 14.4. The minimum Gasteiger partial charge on any atom is -0.497 e. The van der Waals surface area contributed by atoms with Gasteiger partial charge in [-0.1, -0.05) is 6.07 Å². The molecule has 1 atom stereocenters. The monoisotopic (exact) mass is 323 g/mol. The Kier molecular flexibility index (Phi) is 5.50. The van der Waals surface area contributed by atoms with Crippen LogP contribution in [-0.4, -0.2) is 36.3 Å². The van der Waals surface area contributed by atoms with E-state index in [2.05, 4.69) is 0 Å². The highest BCUT2D eigenvalue weighted by Gasteiger charge is 2.31. The minimum absolute atomic E-state index is 0.0264. The highest BCUT2D eigenvalue weighted by atomic mass is 19.1. The number of hydrogen-bond acceptors (Lipinski definition) is 3. The molecule has 0 spiro atoms. The number of methoxy groups -OCH3 is 1. The Morgan fingerprint density at radius 3 is 2.70 bits per heavy atom. The van der Waals surface area contributed by atoms with Crippen molar-refractivity contribution < 1.29 is 18.7 Å². The van der Waals surface area contributed by atoms with E-state index >= 15 is 0 Å². The van der Waals surface area contributed by atoms with Gasteiger partial charge in [-0.2, -0.15) is 0 Å². The van der Waals surface area contributed by atoms with Crippen LogP contribution < -0.4 is 4.74 Å². The second-order valence-corrected chi connectivity index (χ2v) is 6.98. The predicted octanol–water partition coefficient (Wildman–Crippen LogP) is 4.17. The van der Waals surface area contributed by atoms with Crippen molar-refractivity contribution in [3.63, 3.8) is 0 Å². The van der Waals surface area contributed by atoms with E-state index in [1.54, 1.807) is 17.0 Å². The number of carbonyl (C=O) groups excluding carboxylic acids is 1. The van der Waals surface area contributed by atoms with Crippen molar-refractivity contribution in [2.45, 2.75) is 58.1 Å². The zero-order chi connectivity index (χ0) is 17.0. The molecule has 1 unspecified atom stereocenters. The van der Waals surface area contributed by atoms with Gasteiger partial charge in [-0.3, -0.25) is 0 Å². The number of halogens is 1. The van der Waals surface area contributed by atoms with Gasteiger partial charge in [0.2, 0.25) is 0 Å². The fourth-order valence-corrected chi connectivity index (χ4v) is 2.85. The van der Waals surface area contributed by atoms with Crippen LogP contribution in [0.3, 0.4) is 0 Å². The van der Waals surface area contributed by atoms with Crippen molar-refractivity contribution >= 4 is 6.09 Å². The molecule has 5 heteroatoms. The number of ether oxygens (including phenoxy) is 2. The number of benzene rings is 1. The van der Waals surface area contributed by atoms with Crippen LogP contribution in [0.4, 0.5) is 9.18 Å². The van der Waals surface area contributed by atoms with E-state index in [0.717, 1.165) is 19.3 Å². The Hall–Kier alpha value is -1.78. The lowest BCUT2D eigenvalue weighted by atomic mass is 9.95. The molecule has 1 aliphatic heterocycles. The highest BCUT2D eigenvalue weighted by molar-refractivity contribution is 5.68. The first-order valence-electron chi connectivity index (χ1n) is 8.12. The molecule has 0 saturated carbocycles. The van der Waals surface area contributed by atoms with Crippen molar-refractivity contribution in [2.75, 3.05) is 13.7 Å². The summed E-state index contributed by atoms with van der Waals surface area (Å²) >= 11 is 0. The normalized spacial score (nSPS) is 18.7. The summed E-state index contributed by atoms with van der Waals surface area (Å²) in [6.45, 7) is 6.23. The maximum absolute atomic E-state index is 14.2. The molecule has 1 amide bonds. The number of nitrogens with zero attached hydrogens (tertiary/aromatic N) is 1. The maximum atomic E-state index is 14.2. The van der Waals surface area contributed by atoms with Crippen LogP contribution in [0.5, 0.6) is 5.75 Å². The molecule has 0 bridgehead atoms. The molecule has 1 aromatic carbocycles. The van der Waals surface area contributed by atoms with Gasteiger partial charge < -0.3 is 14.4 Å². The van der Waals surface area contributed by atoms with Gasteiger partial charge in [0.15, 0.2) is 0 Å². The zero-order valence-electron chi connectivity index (χ0n) is 14.4. The van der Waals surface area contributed by atoms with Gasteiger partial charge >= 0.3 is 6.09 Å². The van der Waals surface area contributed by atoms with Crippen molar-refractivity contribution in [1.82, 2.24) is 4.90 Å². The molecule has 23 heavy (non-hydrogen) atoms. The number of rotatable bonds is 3. The Labute approximate surface area is 137 Å². The fourth-order valence-electron chi connectivity index (χ4n) is 2.85. The second-order valence-electron chi connectivity index (χ2n) is 6.98. The van der Waals surface area contributed by atoms with Crippen LogP contribution in [0.1, 0.15) is 45.6 Å². The van der Waals surface area contributed by atoms with Gasteiger partial charge in [0.1, 0.15) is 17.2 Å². The Balaban J connectivity index is 2.11. The van der Waals surface area contributed by atoms with Gasteiger partial charge in [0.25, 0.3) is 0 Å². The number of likely N-dealkylation sites (tertiary alicyclic amines) is 1. The van der Waals surface area contributed by atoms with Crippen LogP contribution in [0.15, 0.2) is 18.2 Å². The quantitative estimate of drug-likeness (QED) is 0.838. The molecule has 1 aliphatic rings. The molecule has 2 rings (SSSR count). The topological polar surface area (TPSA) is 38.8 Å². The fraction of sp³-hybridized carbons (Fsp3) is 0.611. The number of carbonyl (C=O) groups is 1. The molecule has 128 valence electrons. The SMILES string of the molecule is COc1ccc(CC2CCCCN2C(=O)OC(C)(C)C)c(F)c1. The summed E-state index contributed by atoms with van der Waals surface area (Å²) in [6.07, 6.45) is 3.05. The summed E-state index contributed by atoms with van der Waals surface area (Å²) in [7, 11) is 1.51. The van der Waals surface area contributed by atoms with E-state index < -0.39 is 5.60 Å². The van der Waals surface area contributed by atoms with Crippen LogP contribution in [0, 0.1) is 5.82 Å². The van der Waals surface area contributed by atoms with Crippen LogP contribution in [0.2, 0.25) is 0 Å². The Morgan fingerprint density at radius 1 is 1.35 bits per heavy atom. The lowest BCUT2D eigenvalue weighted by Crippen LogP contribution is -2.47. The molecular formula is C18H26FNO3. The average molecular weight is 323 g/mol. The molecule has 1 heterocycles. The van der Waals surface area contributed by atoms with Gasteiger partial charge in [-0.05, 0) is 58.1 Å². The molecule has 0 aliphatic carbocycles. The molecular weight excluding hydrogens is 297 g/mol. The Bertz CT molecular complexity index is 554. The summed E-state index contributed by atoms with van der Waals surface area (Å²) < 4.78 is 24.7. The van der Waals surface area contributed by atoms with E-state index in [1.807, 2.05) is 20.8 Å². The van der Waals surface area contributed by atoms with Crippen LogP contribution in [0.25, 0.3) is 0 Å². The van der Waals surface area contributed by atoms with Crippen LogP contribution in [-0.2, 0) is 11.2 Å². The lowest BCUT2D eigenvalue weighted by Gasteiger charge is -2.37. The highest BCUT2D eigenvalue weighted by Crippen LogP contribution is 2.25. The second kappa shape index (κ2) is 7.20. The minimum atomic E-state index is -0.523. The molecule has 0 N–H and O–H groups in total. The van der Waals surface area contributed by atoms with E-state index in [0.29, 0.717) is 24.3 Å². The van der Waals surface area contributed by atoms with Crippen molar-refractivity contribution in [3.05, 3.63) is 29.6 Å². The first kappa shape index (κ1) is 17.6. The first-order chi connectivity index (χ1) is 10.8. The van der Waals surface area contributed by atoms with Crippen LogP contribution >= 0.6 is 0 Å². The first-order valence-corrected chi connectivity index (χ1v) is 8.12. The number of amides is 1. The van der Waals surface area contributed by atoms with E-state index in [-0.39, 0.29) is 18.0 Å². The largest absolute Gasteiger partial charge is 0.497 e. The standard InChI is InChI=1S/C18H26FNO3/c1-18(2,3)23-17(21)20-10-6-5-7-14(20)11-13-8-9-15(22-4)12-16(13)19/h8-9,12,14H,5-7,10-11H2,1-4H3. The van der Waals surface area contributed by atoms with Gasteiger partial charge in [0, 0.05) is 18.7 Å². The molecule has 4 nitrogen and oxygen atoms in total. The van der Waals surface area contributed by atoms with Gasteiger partial charge in [-0.25, -0.2) is 9.18 Å². The average Bonchev–Trinajstić information content (AvgIpc) is 2.48. The summed E-state index contributed by atoms with van der Waals surface area (Å²) in [6, 6.07) is 4.84. The predicted molar refractivity (Wildman–Crippen MR) is 87.2 cm³/mol. The van der Waals surface area contributed by atoms with Gasteiger partial charge in [-0.15, -0.1) is 0 Å². The summed E-state index contributed by atoms with van der Waals surface area (Å²) in [5.41, 5.74) is 0.0796. The maximum Gasteiger partial charge on any atom is 0.410 e. The Morgan fingerprint density at radius 2 is 2.09 bits per heavy atom. The van der Waals surface area contributed by atoms with Crippen molar-refractivity contribution in [2.24, 2.45) is 0 Å². The summed E-state index contributed by atoms with van der Waals surface area (Å²) in [4.78, 5) is 14.1. The smallest absolute Gasteiger partial charge is 0.410 e. The number of piperidine rings is 1. The molecule has 0 radical (unpaired) electrons. The van der Waals surface area contributed by atoms with Crippen molar-refractivity contribution in [3.8, 4) is 5.75 Å². The third-order valence-electron chi connectivity index (χ3n) is 3.97.